The van der Waals surface area contributed by atoms with Crippen molar-refractivity contribution in [3.8, 4) is 0 Å². The summed E-state index contributed by atoms with van der Waals surface area (Å²) in [6, 6.07) is 0. The Morgan fingerprint density at radius 3 is 2.88 bits per heavy atom. The summed E-state index contributed by atoms with van der Waals surface area (Å²) >= 11 is 3.03. The first-order valence-electron chi connectivity index (χ1n) is 8.38. The van der Waals surface area contributed by atoms with Gasteiger partial charge in [0, 0.05) is 11.1 Å². The normalized spacial score (nSPS) is 13.8. The summed E-state index contributed by atoms with van der Waals surface area (Å²) in [5.74, 6) is 0.416. The number of hydrogen-bond donors (Lipinski definition) is 0. The van der Waals surface area contributed by atoms with E-state index in [1.807, 2.05) is 0 Å². The first-order chi connectivity index (χ1) is 12.1. The minimum absolute atomic E-state index is 0.250. The number of carbonyl (C=O) groups is 1. The van der Waals surface area contributed by atoms with Crippen LogP contribution in [0, 0.1) is 0 Å². The molecule has 0 amide bonds. The molecule has 25 heavy (non-hydrogen) atoms. The van der Waals surface area contributed by atoms with E-state index in [1.165, 1.54) is 47.5 Å². The summed E-state index contributed by atoms with van der Waals surface area (Å²) in [6.45, 7) is 4.41. The van der Waals surface area contributed by atoms with E-state index in [0.717, 1.165) is 32.9 Å². The van der Waals surface area contributed by atoms with Crippen LogP contribution >= 0.6 is 23.1 Å². The number of ether oxygens (including phenoxy) is 1. The molecular formula is C18H19N3O2S2. The summed E-state index contributed by atoms with van der Waals surface area (Å²) in [6.07, 6.45) is 4.97. The first-order valence-corrected chi connectivity index (χ1v) is 10.2. The molecule has 0 radical (unpaired) electrons. The van der Waals surface area contributed by atoms with Gasteiger partial charge >= 0.3 is 5.97 Å². The van der Waals surface area contributed by atoms with E-state index < -0.39 is 0 Å². The van der Waals surface area contributed by atoms with Crippen molar-refractivity contribution in [1.82, 2.24) is 15.0 Å². The Hall–Kier alpha value is -1.73. The second-order valence-corrected chi connectivity index (χ2v) is 8.43. The van der Waals surface area contributed by atoms with Crippen molar-refractivity contribution in [3.63, 3.8) is 0 Å². The van der Waals surface area contributed by atoms with Gasteiger partial charge in [0.2, 0.25) is 0 Å². The quantitative estimate of drug-likeness (QED) is 0.389. The number of fused-ring (bicyclic) bond motifs is 5. The molecule has 0 aromatic carbocycles. The molecule has 0 fully saturated rings. The number of nitrogens with zero attached hydrogens (tertiary/aromatic N) is 3. The van der Waals surface area contributed by atoms with Crippen LogP contribution in [0.25, 0.3) is 20.4 Å². The highest BCUT2D eigenvalue weighted by molar-refractivity contribution is 8.00. The number of rotatable bonds is 4. The van der Waals surface area contributed by atoms with Crippen molar-refractivity contribution >= 4 is 49.5 Å². The van der Waals surface area contributed by atoms with Crippen LogP contribution in [0.15, 0.2) is 11.4 Å². The van der Waals surface area contributed by atoms with Crippen molar-refractivity contribution in [2.45, 2.75) is 44.1 Å². The molecular weight excluding hydrogens is 354 g/mol. The number of esters is 1. The SMILES string of the molecule is COC(=O)CSc1ncnc2c1sc1nc(C(C)C)c3c(c12)CCC3. The van der Waals surface area contributed by atoms with Gasteiger partial charge in [0.15, 0.2) is 0 Å². The Bertz CT molecular complexity index is 982. The van der Waals surface area contributed by atoms with Gasteiger partial charge in [0.25, 0.3) is 0 Å². The van der Waals surface area contributed by atoms with Gasteiger partial charge in [0.1, 0.15) is 16.2 Å². The van der Waals surface area contributed by atoms with Gasteiger partial charge in [-0.05, 0) is 36.3 Å². The second-order valence-electron chi connectivity index (χ2n) is 6.47. The van der Waals surface area contributed by atoms with E-state index in [2.05, 4.69) is 23.8 Å². The van der Waals surface area contributed by atoms with Crippen LogP contribution in [0.3, 0.4) is 0 Å². The molecule has 1 aliphatic rings. The summed E-state index contributed by atoms with van der Waals surface area (Å²) < 4.78 is 5.76. The predicted octanol–water partition coefficient (Wildman–Crippen LogP) is 4.12. The lowest BCUT2D eigenvalue weighted by Crippen LogP contribution is -2.03. The number of methoxy groups -OCH3 is 1. The Kier molecular flexibility index (Phi) is 4.37. The Morgan fingerprint density at radius 2 is 2.12 bits per heavy atom. The fraction of sp³-hybridized carbons (Fsp3) is 0.444. The van der Waals surface area contributed by atoms with Crippen LogP contribution in [-0.4, -0.2) is 33.8 Å². The lowest BCUT2D eigenvalue weighted by Gasteiger charge is -2.11. The summed E-state index contributed by atoms with van der Waals surface area (Å²) in [4.78, 5) is 26.4. The van der Waals surface area contributed by atoms with E-state index >= 15 is 0 Å². The molecule has 0 aliphatic heterocycles. The fourth-order valence-electron chi connectivity index (χ4n) is 3.47. The highest BCUT2D eigenvalue weighted by atomic mass is 32.2. The first kappa shape index (κ1) is 16.7. The molecule has 5 nitrogen and oxygen atoms in total. The Labute approximate surface area is 154 Å². The Balaban J connectivity index is 1.92. The number of thiophene rings is 1. The third-order valence-corrected chi connectivity index (χ3v) is 6.74. The van der Waals surface area contributed by atoms with E-state index in [1.54, 1.807) is 17.7 Å². The van der Waals surface area contributed by atoms with Gasteiger partial charge in [0.05, 0.1) is 23.1 Å². The number of aryl methyl sites for hydroxylation is 1. The molecule has 0 atom stereocenters. The number of thioether (sulfide) groups is 1. The van der Waals surface area contributed by atoms with E-state index in [0.29, 0.717) is 5.92 Å². The molecule has 0 saturated heterocycles. The van der Waals surface area contributed by atoms with Crippen molar-refractivity contribution in [1.29, 1.82) is 0 Å². The van der Waals surface area contributed by atoms with Gasteiger partial charge in [-0.1, -0.05) is 25.6 Å². The van der Waals surface area contributed by atoms with Crippen LogP contribution < -0.4 is 0 Å². The largest absolute Gasteiger partial charge is 0.468 e. The van der Waals surface area contributed by atoms with Crippen LogP contribution in [0.4, 0.5) is 0 Å². The van der Waals surface area contributed by atoms with Crippen LogP contribution in [0.1, 0.15) is 43.0 Å². The highest BCUT2D eigenvalue weighted by Crippen LogP contribution is 2.42. The van der Waals surface area contributed by atoms with Gasteiger partial charge in [-0.25, -0.2) is 15.0 Å². The maximum absolute atomic E-state index is 11.5. The second kappa shape index (κ2) is 6.53. The zero-order valence-electron chi connectivity index (χ0n) is 14.5. The summed E-state index contributed by atoms with van der Waals surface area (Å²) in [5.41, 5.74) is 5.04. The van der Waals surface area contributed by atoms with E-state index in [-0.39, 0.29) is 11.7 Å². The average molecular weight is 374 g/mol. The van der Waals surface area contributed by atoms with Crippen molar-refractivity contribution < 1.29 is 9.53 Å². The minimum atomic E-state index is -0.251. The lowest BCUT2D eigenvalue weighted by atomic mass is 9.99. The molecule has 0 bridgehead atoms. The fourth-order valence-corrected chi connectivity index (χ4v) is 5.55. The number of hydrogen-bond acceptors (Lipinski definition) is 7. The molecule has 4 rings (SSSR count). The lowest BCUT2D eigenvalue weighted by molar-refractivity contribution is -0.137. The zero-order chi connectivity index (χ0) is 17.6. The van der Waals surface area contributed by atoms with Gasteiger partial charge in [-0.2, -0.15) is 0 Å². The molecule has 3 aromatic heterocycles. The third kappa shape index (κ3) is 2.79. The third-order valence-electron chi connectivity index (χ3n) is 4.57. The molecule has 0 unspecified atom stereocenters. The van der Waals surface area contributed by atoms with Crippen LogP contribution in [0.2, 0.25) is 0 Å². The van der Waals surface area contributed by atoms with Crippen molar-refractivity contribution in [2.75, 3.05) is 12.9 Å². The number of carbonyl (C=O) groups excluding carboxylic acids is 1. The highest BCUT2D eigenvalue weighted by Gasteiger charge is 2.25. The van der Waals surface area contributed by atoms with Gasteiger partial charge < -0.3 is 4.74 Å². The summed E-state index contributed by atoms with van der Waals surface area (Å²) in [7, 11) is 1.40. The number of aromatic nitrogens is 3. The Morgan fingerprint density at radius 1 is 1.32 bits per heavy atom. The van der Waals surface area contributed by atoms with E-state index in [9.17, 15) is 4.79 Å². The topological polar surface area (TPSA) is 65.0 Å². The molecule has 0 N–H and O–H groups in total. The monoisotopic (exact) mass is 373 g/mol. The molecule has 0 saturated carbocycles. The molecule has 3 heterocycles. The standard InChI is InChI=1S/C18H19N3O2S2/c1-9(2)14-11-6-4-5-10(11)13-15-16(25-17(13)21-14)18(20-8-19-15)24-7-12(22)23-3/h8-9H,4-7H2,1-3H3. The minimum Gasteiger partial charge on any atom is -0.468 e. The van der Waals surface area contributed by atoms with Gasteiger partial charge in [-0.3, -0.25) is 4.79 Å². The maximum Gasteiger partial charge on any atom is 0.316 e. The molecule has 3 aromatic rings. The van der Waals surface area contributed by atoms with E-state index in [4.69, 9.17) is 9.72 Å². The zero-order valence-corrected chi connectivity index (χ0v) is 16.1. The van der Waals surface area contributed by atoms with Crippen LogP contribution in [-0.2, 0) is 22.4 Å². The van der Waals surface area contributed by atoms with Crippen LogP contribution in [0.5, 0.6) is 0 Å². The number of pyridine rings is 1. The summed E-state index contributed by atoms with van der Waals surface area (Å²) in [5, 5.41) is 2.02. The maximum atomic E-state index is 11.5. The predicted molar refractivity (Wildman–Crippen MR) is 102 cm³/mol. The molecule has 7 heteroatoms. The van der Waals surface area contributed by atoms with Crippen molar-refractivity contribution in [3.05, 3.63) is 23.1 Å². The average Bonchev–Trinajstić information content (AvgIpc) is 3.22. The molecule has 0 spiro atoms. The molecule has 130 valence electrons. The smallest absolute Gasteiger partial charge is 0.316 e. The molecule has 1 aliphatic carbocycles. The van der Waals surface area contributed by atoms with Gasteiger partial charge in [-0.15, -0.1) is 11.3 Å². The van der Waals surface area contributed by atoms with Crippen molar-refractivity contribution in [2.24, 2.45) is 0 Å².